The fourth-order valence-electron chi connectivity index (χ4n) is 1.96. The van der Waals surface area contributed by atoms with Crippen molar-refractivity contribution in [2.24, 2.45) is 0 Å². The van der Waals surface area contributed by atoms with Crippen molar-refractivity contribution in [3.8, 4) is 5.69 Å². The van der Waals surface area contributed by atoms with Crippen molar-refractivity contribution in [2.45, 2.75) is 0 Å². The summed E-state index contributed by atoms with van der Waals surface area (Å²) in [6.45, 7) is 0.305. The second kappa shape index (κ2) is 5.63. The summed E-state index contributed by atoms with van der Waals surface area (Å²) in [6.07, 6.45) is 1.59. The summed E-state index contributed by atoms with van der Waals surface area (Å²) in [7, 11) is 0. The molecule has 0 radical (unpaired) electrons. The number of hydrogen-bond donors (Lipinski definition) is 2. The zero-order valence-electron chi connectivity index (χ0n) is 10.8. The van der Waals surface area contributed by atoms with Gasteiger partial charge in [-0.15, -0.1) is 0 Å². The summed E-state index contributed by atoms with van der Waals surface area (Å²) < 4.78 is 14.5. The first-order valence-corrected chi connectivity index (χ1v) is 6.59. The highest BCUT2D eigenvalue weighted by Crippen LogP contribution is 2.24. The summed E-state index contributed by atoms with van der Waals surface area (Å²) in [5, 5.41) is 16.8. The molecule has 0 unspecified atom stereocenters. The van der Waals surface area contributed by atoms with Crippen molar-refractivity contribution >= 4 is 28.5 Å². The number of aliphatic hydroxyl groups is 1. The third-order valence-corrected chi connectivity index (χ3v) is 3.05. The Labute approximate surface area is 124 Å². The van der Waals surface area contributed by atoms with E-state index in [0.29, 0.717) is 29.1 Å². The Bertz CT molecular complexity index is 774. The van der Waals surface area contributed by atoms with Crippen molar-refractivity contribution < 1.29 is 9.50 Å². The van der Waals surface area contributed by atoms with Gasteiger partial charge in [-0.25, -0.2) is 9.07 Å². The van der Waals surface area contributed by atoms with Gasteiger partial charge >= 0.3 is 0 Å². The number of aromatic nitrogens is 4. The molecule has 21 heavy (non-hydrogen) atoms. The second-order valence-corrected chi connectivity index (χ2v) is 4.60. The smallest absolute Gasteiger partial charge is 0.226 e. The standard InChI is InChI=1S/C13H11ClFN5O/c14-13-18-11(16-5-6-21)10-7-17-20(12(10)19-13)9-3-1-8(15)2-4-9/h1-4,7,21H,5-6H2,(H,16,18,19). The van der Waals surface area contributed by atoms with Gasteiger partial charge in [0, 0.05) is 6.54 Å². The average molecular weight is 308 g/mol. The van der Waals surface area contributed by atoms with E-state index in [4.69, 9.17) is 16.7 Å². The number of nitrogens with zero attached hydrogens (tertiary/aromatic N) is 4. The predicted octanol–water partition coefficient (Wildman–Crippen LogP) is 2.01. The first kappa shape index (κ1) is 13.7. The predicted molar refractivity (Wildman–Crippen MR) is 77.2 cm³/mol. The molecule has 0 spiro atoms. The molecule has 6 nitrogen and oxygen atoms in total. The lowest BCUT2D eigenvalue weighted by Crippen LogP contribution is -2.08. The molecule has 0 aliphatic heterocycles. The Balaban J connectivity index is 2.13. The van der Waals surface area contributed by atoms with Crippen LogP contribution in [-0.2, 0) is 0 Å². The molecule has 0 aliphatic carbocycles. The lowest BCUT2D eigenvalue weighted by Gasteiger charge is -2.06. The van der Waals surface area contributed by atoms with E-state index in [9.17, 15) is 4.39 Å². The minimum atomic E-state index is -0.326. The maximum atomic E-state index is 13.0. The SMILES string of the molecule is OCCNc1nc(Cl)nc2c1cnn2-c1ccc(F)cc1. The molecule has 8 heteroatoms. The normalized spacial score (nSPS) is 11.0. The monoisotopic (exact) mass is 307 g/mol. The lowest BCUT2D eigenvalue weighted by atomic mass is 10.3. The molecule has 0 saturated heterocycles. The van der Waals surface area contributed by atoms with E-state index in [1.54, 1.807) is 23.0 Å². The highest BCUT2D eigenvalue weighted by atomic mass is 35.5. The van der Waals surface area contributed by atoms with Crippen LogP contribution in [0.4, 0.5) is 10.2 Å². The largest absolute Gasteiger partial charge is 0.395 e. The molecule has 3 aromatic rings. The number of anilines is 1. The summed E-state index contributed by atoms with van der Waals surface area (Å²) in [5.41, 5.74) is 1.16. The topological polar surface area (TPSA) is 75.9 Å². The van der Waals surface area contributed by atoms with Crippen LogP contribution in [0.3, 0.4) is 0 Å². The van der Waals surface area contributed by atoms with Gasteiger partial charge in [0.25, 0.3) is 0 Å². The van der Waals surface area contributed by atoms with Crippen molar-refractivity contribution in [1.82, 2.24) is 19.7 Å². The number of aliphatic hydroxyl groups excluding tert-OH is 1. The highest BCUT2D eigenvalue weighted by Gasteiger charge is 2.13. The number of hydrogen-bond acceptors (Lipinski definition) is 5. The molecule has 0 fully saturated rings. The van der Waals surface area contributed by atoms with Gasteiger partial charge in [-0.2, -0.15) is 15.1 Å². The summed E-state index contributed by atoms with van der Waals surface area (Å²) >= 11 is 5.92. The minimum Gasteiger partial charge on any atom is -0.395 e. The zero-order chi connectivity index (χ0) is 14.8. The van der Waals surface area contributed by atoms with Crippen LogP contribution < -0.4 is 5.32 Å². The average Bonchev–Trinajstić information content (AvgIpc) is 2.89. The first-order chi connectivity index (χ1) is 10.2. The molecule has 108 valence electrons. The zero-order valence-corrected chi connectivity index (χ0v) is 11.5. The maximum Gasteiger partial charge on any atom is 0.226 e. The quantitative estimate of drug-likeness (QED) is 0.721. The van der Waals surface area contributed by atoms with E-state index in [-0.39, 0.29) is 17.7 Å². The van der Waals surface area contributed by atoms with Crippen molar-refractivity contribution in [3.63, 3.8) is 0 Å². The number of rotatable bonds is 4. The maximum absolute atomic E-state index is 13.0. The van der Waals surface area contributed by atoms with Gasteiger partial charge in [-0.1, -0.05) is 0 Å². The summed E-state index contributed by atoms with van der Waals surface area (Å²) in [6, 6.07) is 5.88. The lowest BCUT2D eigenvalue weighted by molar-refractivity contribution is 0.311. The van der Waals surface area contributed by atoms with Crippen molar-refractivity contribution in [1.29, 1.82) is 0 Å². The van der Waals surface area contributed by atoms with E-state index in [1.807, 2.05) is 0 Å². The Morgan fingerprint density at radius 2 is 2.00 bits per heavy atom. The van der Waals surface area contributed by atoms with Crippen LogP contribution in [-0.4, -0.2) is 38.0 Å². The van der Waals surface area contributed by atoms with Gasteiger partial charge in [-0.05, 0) is 35.9 Å². The van der Waals surface area contributed by atoms with E-state index in [1.165, 1.54) is 12.1 Å². The molecule has 1 aromatic carbocycles. The number of benzene rings is 1. The Morgan fingerprint density at radius 1 is 1.24 bits per heavy atom. The second-order valence-electron chi connectivity index (χ2n) is 4.26. The molecular weight excluding hydrogens is 297 g/mol. The fraction of sp³-hybridized carbons (Fsp3) is 0.154. The van der Waals surface area contributed by atoms with Gasteiger partial charge in [0.15, 0.2) is 5.65 Å². The molecule has 3 rings (SSSR count). The van der Waals surface area contributed by atoms with Crippen LogP contribution in [0.2, 0.25) is 5.28 Å². The molecule has 0 bridgehead atoms. The van der Waals surface area contributed by atoms with E-state index < -0.39 is 0 Å². The van der Waals surface area contributed by atoms with E-state index >= 15 is 0 Å². The Hall–Kier alpha value is -2.25. The summed E-state index contributed by atoms with van der Waals surface area (Å²) in [4.78, 5) is 8.24. The highest BCUT2D eigenvalue weighted by molar-refractivity contribution is 6.28. The van der Waals surface area contributed by atoms with Crippen LogP contribution in [0, 0.1) is 5.82 Å². The third-order valence-electron chi connectivity index (χ3n) is 2.88. The Morgan fingerprint density at radius 3 is 2.71 bits per heavy atom. The van der Waals surface area contributed by atoms with Gasteiger partial charge in [0.1, 0.15) is 11.6 Å². The molecule has 2 N–H and O–H groups in total. The fourth-order valence-corrected chi connectivity index (χ4v) is 2.13. The number of fused-ring (bicyclic) bond motifs is 1. The van der Waals surface area contributed by atoms with Crippen LogP contribution in [0.15, 0.2) is 30.5 Å². The van der Waals surface area contributed by atoms with E-state index in [0.717, 1.165) is 0 Å². The first-order valence-electron chi connectivity index (χ1n) is 6.21. The molecule has 0 saturated carbocycles. The molecule has 0 amide bonds. The Kier molecular flexibility index (Phi) is 3.68. The van der Waals surface area contributed by atoms with Crippen LogP contribution >= 0.6 is 11.6 Å². The van der Waals surface area contributed by atoms with Crippen molar-refractivity contribution in [3.05, 3.63) is 41.6 Å². The number of halogens is 2. The number of nitrogens with one attached hydrogen (secondary N) is 1. The van der Waals surface area contributed by atoms with Crippen LogP contribution in [0.5, 0.6) is 0 Å². The minimum absolute atomic E-state index is 0.0325. The molecule has 0 atom stereocenters. The van der Waals surface area contributed by atoms with Gasteiger partial charge < -0.3 is 10.4 Å². The molecule has 2 aromatic heterocycles. The van der Waals surface area contributed by atoms with Gasteiger partial charge in [0.05, 0.1) is 23.9 Å². The molecule has 2 heterocycles. The van der Waals surface area contributed by atoms with Crippen LogP contribution in [0.1, 0.15) is 0 Å². The molecule has 0 aliphatic rings. The van der Waals surface area contributed by atoms with Crippen molar-refractivity contribution in [2.75, 3.05) is 18.5 Å². The van der Waals surface area contributed by atoms with Crippen LogP contribution in [0.25, 0.3) is 16.7 Å². The van der Waals surface area contributed by atoms with Gasteiger partial charge in [-0.3, -0.25) is 0 Å². The third kappa shape index (κ3) is 2.65. The molecular formula is C13H11ClFN5O. The van der Waals surface area contributed by atoms with E-state index in [2.05, 4.69) is 20.4 Å². The summed E-state index contributed by atoms with van der Waals surface area (Å²) in [5.74, 6) is 0.167. The van der Waals surface area contributed by atoms with Gasteiger partial charge in [0.2, 0.25) is 5.28 Å².